The summed E-state index contributed by atoms with van der Waals surface area (Å²) in [6.45, 7) is 6.82. The number of nitrogens with zero attached hydrogens (tertiary/aromatic N) is 2. The summed E-state index contributed by atoms with van der Waals surface area (Å²) in [7, 11) is 0. The lowest BCUT2D eigenvalue weighted by molar-refractivity contribution is 0.592. The predicted molar refractivity (Wildman–Crippen MR) is 266 cm³/mol. The van der Waals surface area contributed by atoms with Crippen LogP contribution in [0.4, 0.5) is 34.1 Å². The summed E-state index contributed by atoms with van der Waals surface area (Å²) < 4.78 is 0. The van der Waals surface area contributed by atoms with E-state index in [1.165, 1.54) is 44.2 Å². The molecular weight excluding hydrogens is 771 g/mol. The Labute approximate surface area is 370 Å². The first-order valence-electron chi connectivity index (χ1n) is 21.5. The summed E-state index contributed by atoms with van der Waals surface area (Å²) in [5.41, 5.74) is 21.1. The first-order chi connectivity index (χ1) is 30.3. The van der Waals surface area contributed by atoms with E-state index in [2.05, 4.69) is 243 Å². The molecule has 0 saturated carbocycles. The molecule has 0 bridgehead atoms. The van der Waals surface area contributed by atoms with Crippen molar-refractivity contribution < 1.29 is 0 Å². The molecule has 0 N–H and O–H groups in total. The molecule has 2 nitrogen and oxygen atoms in total. The fourth-order valence-corrected chi connectivity index (χ4v) is 10.1. The molecule has 0 aliphatic carbocycles. The molecule has 0 saturated heterocycles. The lowest BCUT2D eigenvalue weighted by atomic mass is 9.33. The number of para-hydroxylation sites is 2. The minimum atomic E-state index is -0.104. The molecule has 0 unspecified atom stereocenters. The summed E-state index contributed by atoms with van der Waals surface area (Å²) in [6, 6.07) is 77.3. The van der Waals surface area contributed by atoms with Gasteiger partial charge in [-0.15, -0.1) is 0 Å². The normalized spacial score (nSPS) is 12.7. The molecule has 62 heavy (non-hydrogen) atoms. The highest BCUT2D eigenvalue weighted by molar-refractivity contribution is 7.00. The van der Waals surface area contributed by atoms with Gasteiger partial charge in [0.2, 0.25) is 0 Å². The number of hydrogen-bond donors (Lipinski definition) is 0. The number of anilines is 6. The van der Waals surface area contributed by atoms with Crippen molar-refractivity contribution in [3.05, 3.63) is 223 Å². The molecule has 0 spiro atoms. The monoisotopic (exact) mass is 814 g/mol. The standard InChI is InChI=1S/C58H44BClN2/c1-58(2,3)48-28-16-13-25-45(48)43-32-34-54-50(36-43)59-49-35-42(39-19-7-4-8-20-39)31-33-53(49)61(51-29-17-14-26-46(51)40-21-9-5-10-22-40)55-37-44(60)38-56(57(55)59)62(54)52-30-18-15-27-47(52)41-23-11-6-12-24-41/h4-38H,1-3H3. The zero-order valence-electron chi connectivity index (χ0n) is 35.1. The molecule has 296 valence electrons. The second-order valence-electron chi connectivity index (χ2n) is 17.4. The fourth-order valence-electron chi connectivity index (χ4n) is 9.92. The maximum atomic E-state index is 7.42. The van der Waals surface area contributed by atoms with Crippen molar-refractivity contribution >= 4 is 68.8 Å². The number of fused-ring (bicyclic) bond motifs is 4. The van der Waals surface area contributed by atoms with Crippen LogP contribution in [0.3, 0.4) is 0 Å². The van der Waals surface area contributed by atoms with E-state index in [1.54, 1.807) is 0 Å². The van der Waals surface area contributed by atoms with Crippen molar-refractivity contribution in [1.29, 1.82) is 0 Å². The van der Waals surface area contributed by atoms with Crippen LogP contribution >= 0.6 is 11.6 Å². The van der Waals surface area contributed by atoms with Crippen LogP contribution in [-0.2, 0) is 5.41 Å². The average Bonchev–Trinajstić information content (AvgIpc) is 3.31. The van der Waals surface area contributed by atoms with Crippen molar-refractivity contribution in [2.24, 2.45) is 0 Å². The summed E-state index contributed by atoms with van der Waals surface area (Å²) in [6.07, 6.45) is 0. The van der Waals surface area contributed by atoms with E-state index >= 15 is 0 Å². The van der Waals surface area contributed by atoms with Gasteiger partial charge in [-0.2, -0.15) is 0 Å². The predicted octanol–water partition coefficient (Wildman–Crippen LogP) is 14.4. The number of halogens is 1. The van der Waals surface area contributed by atoms with Crippen LogP contribution in [0.15, 0.2) is 212 Å². The lowest BCUT2D eigenvalue weighted by Crippen LogP contribution is -2.61. The molecule has 2 aliphatic heterocycles. The molecule has 4 heteroatoms. The highest BCUT2D eigenvalue weighted by Gasteiger charge is 2.44. The van der Waals surface area contributed by atoms with E-state index < -0.39 is 0 Å². The minimum Gasteiger partial charge on any atom is -0.311 e. The number of benzene rings is 9. The zero-order valence-corrected chi connectivity index (χ0v) is 35.8. The molecule has 11 rings (SSSR count). The third-order valence-electron chi connectivity index (χ3n) is 12.6. The van der Waals surface area contributed by atoms with Crippen LogP contribution in [-0.4, -0.2) is 6.71 Å². The Balaban J connectivity index is 1.26. The Hall–Kier alpha value is -7.07. The highest BCUT2D eigenvalue weighted by Crippen LogP contribution is 2.49. The van der Waals surface area contributed by atoms with Gasteiger partial charge in [0.1, 0.15) is 0 Å². The van der Waals surface area contributed by atoms with Gasteiger partial charge in [-0.05, 0) is 97.1 Å². The number of rotatable bonds is 6. The van der Waals surface area contributed by atoms with Gasteiger partial charge in [0, 0.05) is 38.9 Å². The fraction of sp³-hybridized carbons (Fsp3) is 0.0690. The van der Waals surface area contributed by atoms with Crippen LogP contribution < -0.4 is 26.2 Å². The van der Waals surface area contributed by atoms with E-state index in [9.17, 15) is 0 Å². The van der Waals surface area contributed by atoms with Gasteiger partial charge in [-0.1, -0.05) is 208 Å². The quantitative estimate of drug-likeness (QED) is 0.154. The van der Waals surface area contributed by atoms with Gasteiger partial charge in [0.25, 0.3) is 6.71 Å². The van der Waals surface area contributed by atoms with Crippen molar-refractivity contribution in [2.45, 2.75) is 26.2 Å². The molecule has 0 aromatic heterocycles. The Morgan fingerprint density at radius 1 is 0.355 bits per heavy atom. The summed E-state index contributed by atoms with van der Waals surface area (Å²) in [5.74, 6) is 0. The molecule has 9 aromatic rings. The molecular formula is C58H44BClN2. The SMILES string of the molecule is CC(C)(C)c1ccccc1-c1ccc2c(c1)B1c3cc(-c4ccccc4)ccc3N(c3ccccc3-c3ccccc3)c3cc(Cl)cc(c31)N2c1ccccc1-c1ccccc1. The maximum Gasteiger partial charge on any atom is 0.252 e. The third-order valence-corrected chi connectivity index (χ3v) is 12.9. The Morgan fingerprint density at radius 3 is 1.29 bits per heavy atom. The average molecular weight is 815 g/mol. The van der Waals surface area contributed by atoms with Crippen LogP contribution in [0.25, 0.3) is 44.5 Å². The van der Waals surface area contributed by atoms with E-state index in [1.807, 2.05) is 0 Å². The first kappa shape index (κ1) is 37.9. The van der Waals surface area contributed by atoms with Gasteiger partial charge in [-0.3, -0.25) is 0 Å². The van der Waals surface area contributed by atoms with Crippen LogP contribution in [0.5, 0.6) is 0 Å². The molecule has 2 aliphatic rings. The lowest BCUT2D eigenvalue weighted by Gasteiger charge is -2.45. The number of hydrogen-bond acceptors (Lipinski definition) is 2. The van der Waals surface area contributed by atoms with Gasteiger partial charge in [0.15, 0.2) is 0 Å². The van der Waals surface area contributed by atoms with Gasteiger partial charge in [0.05, 0.1) is 11.4 Å². The third kappa shape index (κ3) is 6.35. The minimum absolute atomic E-state index is 0.0433. The summed E-state index contributed by atoms with van der Waals surface area (Å²) >= 11 is 7.42. The van der Waals surface area contributed by atoms with Gasteiger partial charge in [-0.25, -0.2) is 0 Å². The van der Waals surface area contributed by atoms with E-state index in [0.717, 1.165) is 56.4 Å². The van der Waals surface area contributed by atoms with Crippen molar-refractivity contribution in [1.82, 2.24) is 0 Å². The highest BCUT2D eigenvalue weighted by atomic mass is 35.5. The van der Waals surface area contributed by atoms with E-state index in [4.69, 9.17) is 11.6 Å². The topological polar surface area (TPSA) is 6.48 Å². The molecule has 2 heterocycles. The summed E-state index contributed by atoms with van der Waals surface area (Å²) in [4.78, 5) is 4.95. The Kier molecular flexibility index (Phi) is 9.25. The Bertz CT molecular complexity index is 3120. The van der Waals surface area contributed by atoms with E-state index in [-0.39, 0.29) is 12.1 Å². The molecule has 0 radical (unpaired) electrons. The second kappa shape index (κ2) is 15.1. The zero-order chi connectivity index (χ0) is 42.0. The van der Waals surface area contributed by atoms with Crippen molar-refractivity contribution in [3.8, 4) is 44.5 Å². The van der Waals surface area contributed by atoms with Crippen LogP contribution in [0.2, 0.25) is 5.02 Å². The summed E-state index contributed by atoms with van der Waals surface area (Å²) in [5, 5.41) is 0.686. The molecule has 0 fully saturated rings. The maximum absolute atomic E-state index is 7.42. The first-order valence-corrected chi connectivity index (χ1v) is 21.9. The van der Waals surface area contributed by atoms with Crippen LogP contribution in [0.1, 0.15) is 26.3 Å². The van der Waals surface area contributed by atoms with Crippen LogP contribution in [0, 0.1) is 0 Å². The largest absolute Gasteiger partial charge is 0.311 e. The molecule has 0 amide bonds. The molecule has 0 atom stereocenters. The second-order valence-corrected chi connectivity index (χ2v) is 17.9. The van der Waals surface area contributed by atoms with Crippen molar-refractivity contribution in [3.63, 3.8) is 0 Å². The van der Waals surface area contributed by atoms with Crippen molar-refractivity contribution in [2.75, 3.05) is 9.80 Å². The van der Waals surface area contributed by atoms with E-state index in [0.29, 0.717) is 5.02 Å². The van der Waals surface area contributed by atoms with Gasteiger partial charge >= 0.3 is 0 Å². The smallest absolute Gasteiger partial charge is 0.252 e. The Morgan fingerprint density at radius 2 is 0.774 bits per heavy atom. The molecule has 9 aromatic carbocycles. The van der Waals surface area contributed by atoms with Gasteiger partial charge < -0.3 is 9.80 Å².